The van der Waals surface area contributed by atoms with Crippen LogP contribution in [0, 0.1) is 5.92 Å². The topological polar surface area (TPSA) is 214 Å². The van der Waals surface area contributed by atoms with Crippen LogP contribution in [0.3, 0.4) is 0 Å². The number of carboxylic acids is 1. The first kappa shape index (κ1) is 27.4. The van der Waals surface area contributed by atoms with Crippen LogP contribution in [0.25, 0.3) is 0 Å². The van der Waals surface area contributed by atoms with Crippen molar-refractivity contribution in [1.29, 1.82) is 0 Å². The van der Waals surface area contributed by atoms with Gasteiger partial charge in [0.15, 0.2) is 0 Å². The van der Waals surface area contributed by atoms with Crippen molar-refractivity contribution in [3.05, 3.63) is 29.8 Å². The summed E-state index contributed by atoms with van der Waals surface area (Å²) in [7, 11) is 0. The number of hydrogen-bond acceptors (Lipinski definition) is 7. The largest absolute Gasteiger partial charge is 0.508 e. The molecular weight excluding hydrogens is 434 g/mol. The van der Waals surface area contributed by atoms with Gasteiger partial charge < -0.3 is 37.6 Å². The van der Waals surface area contributed by atoms with E-state index in [4.69, 9.17) is 16.6 Å². The summed E-state index contributed by atoms with van der Waals surface area (Å²) in [6.07, 6.45) is -0.147. The maximum absolute atomic E-state index is 12.6. The Morgan fingerprint density at radius 2 is 1.58 bits per heavy atom. The summed E-state index contributed by atoms with van der Waals surface area (Å²) in [6, 6.07) is 2.75. The first-order valence-electron chi connectivity index (χ1n) is 10.3. The third-order valence-electron chi connectivity index (χ3n) is 4.53. The summed E-state index contributed by atoms with van der Waals surface area (Å²) >= 11 is 0. The molecule has 1 aromatic rings. The molecule has 3 unspecified atom stereocenters. The SMILES string of the molecule is CC(C)CC(NC(=O)C(N)Cc1ccc(O)cc1)C(=O)NCC(=O)NC(CC(N)=O)C(=O)O. The molecule has 0 bridgehead atoms. The molecule has 0 saturated carbocycles. The van der Waals surface area contributed by atoms with E-state index in [0.29, 0.717) is 0 Å². The van der Waals surface area contributed by atoms with Gasteiger partial charge in [0.05, 0.1) is 19.0 Å². The first-order chi connectivity index (χ1) is 15.4. The minimum absolute atomic E-state index is 0.0233. The Morgan fingerprint density at radius 3 is 2.09 bits per heavy atom. The summed E-state index contributed by atoms with van der Waals surface area (Å²) in [5.74, 6) is -4.30. The number of nitrogens with one attached hydrogen (secondary N) is 3. The molecule has 12 nitrogen and oxygen atoms in total. The fourth-order valence-corrected chi connectivity index (χ4v) is 2.90. The van der Waals surface area contributed by atoms with E-state index in [2.05, 4.69) is 16.0 Å². The number of phenols is 1. The normalized spacial score (nSPS) is 13.5. The van der Waals surface area contributed by atoms with Gasteiger partial charge in [0.2, 0.25) is 23.6 Å². The molecule has 0 spiro atoms. The molecule has 182 valence electrons. The first-order valence-corrected chi connectivity index (χ1v) is 10.3. The molecule has 3 atom stereocenters. The fourth-order valence-electron chi connectivity index (χ4n) is 2.90. The lowest BCUT2D eigenvalue weighted by Gasteiger charge is -2.22. The summed E-state index contributed by atoms with van der Waals surface area (Å²) in [6.45, 7) is 3.12. The van der Waals surface area contributed by atoms with Crippen LogP contribution in [-0.2, 0) is 30.4 Å². The standard InChI is InChI=1S/C21H31N5O7/c1-11(2)7-15(26-19(30)14(22)8-12-3-5-13(27)6-4-12)20(31)24-10-18(29)25-16(21(32)33)9-17(23)28/h3-6,11,14-16,27H,7-10,22H2,1-2H3,(H2,23,28)(H,24,31)(H,25,29)(H,26,30)(H,32,33). The van der Waals surface area contributed by atoms with E-state index in [1.54, 1.807) is 12.1 Å². The van der Waals surface area contributed by atoms with Crippen molar-refractivity contribution in [1.82, 2.24) is 16.0 Å². The molecule has 0 aliphatic heterocycles. The minimum Gasteiger partial charge on any atom is -0.508 e. The zero-order chi connectivity index (χ0) is 25.1. The third kappa shape index (κ3) is 10.5. The monoisotopic (exact) mass is 465 g/mol. The van der Waals surface area contributed by atoms with Gasteiger partial charge in [-0.1, -0.05) is 26.0 Å². The minimum atomic E-state index is -1.52. The number of aromatic hydroxyl groups is 1. The Balaban J connectivity index is 2.68. The van der Waals surface area contributed by atoms with Crippen molar-refractivity contribution in [3.63, 3.8) is 0 Å². The van der Waals surface area contributed by atoms with E-state index >= 15 is 0 Å². The second-order valence-electron chi connectivity index (χ2n) is 8.01. The molecule has 9 N–H and O–H groups in total. The van der Waals surface area contributed by atoms with E-state index in [0.717, 1.165) is 5.56 Å². The van der Waals surface area contributed by atoms with E-state index in [-0.39, 0.29) is 24.5 Å². The smallest absolute Gasteiger partial charge is 0.326 e. The number of primary amides is 1. The van der Waals surface area contributed by atoms with Crippen molar-refractivity contribution in [3.8, 4) is 5.75 Å². The van der Waals surface area contributed by atoms with Gasteiger partial charge in [-0.2, -0.15) is 0 Å². The van der Waals surface area contributed by atoms with Crippen LogP contribution in [0.1, 0.15) is 32.3 Å². The number of carbonyl (C=O) groups is 5. The van der Waals surface area contributed by atoms with Crippen molar-refractivity contribution in [2.24, 2.45) is 17.4 Å². The average molecular weight is 466 g/mol. The highest BCUT2D eigenvalue weighted by Crippen LogP contribution is 2.11. The Kier molecular flexibility index (Phi) is 10.8. The van der Waals surface area contributed by atoms with Crippen LogP contribution < -0.4 is 27.4 Å². The van der Waals surface area contributed by atoms with Gasteiger partial charge in [-0.15, -0.1) is 0 Å². The molecule has 0 aliphatic carbocycles. The molecule has 1 rings (SSSR count). The number of aliphatic carboxylic acids is 1. The van der Waals surface area contributed by atoms with Crippen LogP contribution in [0.4, 0.5) is 0 Å². The molecule has 0 saturated heterocycles. The van der Waals surface area contributed by atoms with Gasteiger partial charge in [-0.3, -0.25) is 19.2 Å². The lowest BCUT2D eigenvalue weighted by Crippen LogP contribution is -2.54. The van der Waals surface area contributed by atoms with Crippen LogP contribution in [0.5, 0.6) is 5.75 Å². The zero-order valence-corrected chi connectivity index (χ0v) is 18.5. The molecule has 33 heavy (non-hydrogen) atoms. The summed E-state index contributed by atoms with van der Waals surface area (Å²) in [5.41, 5.74) is 11.6. The number of phenolic OH excluding ortho intramolecular Hbond substituents is 1. The van der Waals surface area contributed by atoms with E-state index in [9.17, 15) is 29.1 Å². The van der Waals surface area contributed by atoms with E-state index in [1.165, 1.54) is 12.1 Å². The molecule has 12 heteroatoms. The summed E-state index contributed by atoms with van der Waals surface area (Å²) in [5, 5.41) is 25.4. The van der Waals surface area contributed by atoms with Crippen LogP contribution >= 0.6 is 0 Å². The molecule has 0 aromatic heterocycles. The van der Waals surface area contributed by atoms with Gasteiger partial charge in [0.1, 0.15) is 17.8 Å². The second-order valence-corrected chi connectivity index (χ2v) is 8.01. The number of nitrogens with two attached hydrogens (primary N) is 2. The van der Waals surface area contributed by atoms with Crippen molar-refractivity contribution >= 4 is 29.6 Å². The van der Waals surface area contributed by atoms with E-state index in [1.807, 2.05) is 13.8 Å². The second kappa shape index (κ2) is 13.0. The van der Waals surface area contributed by atoms with Gasteiger partial charge in [-0.05, 0) is 36.5 Å². The number of carbonyl (C=O) groups excluding carboxylic acids is 4. The maximum atomic E-state index is 12.6. The average Bonchev–Trinajstić information content (AvgIpc) is 2.71. The lowest BCUT2D eigenvalue weighted by atomic mass is 10.0. The summed E-state index contributed by atoms with van der Waals surface area (Å²) in [4.78, 5) is 59.1. The van der Waals surface area contributed by atoms with Crippen LogP contribution in [-0.4, -0.2) is 64.5 Å². The highest BCUT2D eigenvalue weighted by atomic mass is 16.4. The number of benzene rings is 1. The van der Waals surface area contributed by atoms with Gasteiger partial charge in [-0.25, -0.2) is 4.79 Å². The number of hydrogen-bond donors (Lipinski definition) is 7. The number of carboxylic acid groups (broad SMARTS) is 1. The highest BCUT2D eigenvalue weighted by Gasteiger charge is 2.26. The molecular formula is C21H31N5O7. The quantitative estimate of drug-likeness (QED) is 0.179. The van der Waals surface area contributed by atoms with Crippen LogP contribution in [0.15, 0.2) is 24.3 Å². The van der Waals surface area contributed by atoms with E-state index < -0.39 is 60.7 Å². The molecule has 0 aliphatic rings. The van der Waals surface area contributed by atoms with Gasteiger partial charge in [0, 0.05) is 0 Å². The number of rotatable bonds is 13. The molecule has 1 aromatic carbocycles. The van der Waals surface area contributed by atoms with Crippen molar-refractivity contribution in [2.45, 2.75) is 51.2 Å². The third-order valence-corrected chi connectivity index (χ3v) is 4.53. The van der Waals surface area contributed by atoms with Gasteiger partial charge in [0.25, 0.3) is 0 Å². The predicted octanol–water partition coefficient (Wildman–Crippen LogP) is -1.65. The molecule has 4 amide bonds. The fraction of sp³-hybridized carbons (Fsp3) is 0.476. The van der Waals surface area contributed by atoms with Crippen molar-refractivity contribution in [2.75, 3.05) is 6.54 Å². The maximum Gasteiger partial charge on any atom is 0.326 e. The van der Waals surface area contributed by atoms with Gasteiger partial charge >= 0.3 is 5.97 Å². The Bertz CT molecular complexity index is 857. The Labute approximate surface area is 191 Å². The molecule has 0 fully saturated rings. The molecule has 0 radical (unpaired) electrons. The van der Waals surface area contributed by atoms with Crippen molar-refractivity contribution < 1.29 is 34.2 Å². The number of amides is 4. The molecule has 0 heterocycles. The summed E-state index contributed by atoms with van der Waals surface area (Å²) < 4.78 is 0. The lowest BCUT2D eigenvalue weighted by molar-refractivity contribution is -0.143. The Morgan fingerprint density at radius 1 is 0.970 bits per heavy atom. The zero-order valence-electron chi connectivity index (χ0n) is 18.5. The van der Waals surface area contributed by atoms with Crippen LogP contribution in [0.2, 0.25) is 0 Å². The predicted molar refractivity (Wildman–Crippen MR) is 118 cm³/mol. The Hall–Kier alpha value is -3.67. The highest BCUT2D eigenvalue weighted by molar-refractivity contribution is 5.93.